The molecular weight excluding hydrogens is 464 g/mol. The van der Waals surface area contributed by atoms with E-state index in [1.54, 1.807) is 66.7 Å². The van der Waals surface area contributed by atoms with Gasteiger partial charge in [0.15, 0.2) is 5.72 Å². The van der Waals surface area contributed by atoms with Gasteiger partial charge in [0, 0.05) is 26.9 Å². The topological polar surface area (TPSA) is 119 Å². The summed E-state index contributed by atoms with van der Waals surface area (Å²) in [5.74, 6) is -0.255. The van der Waals surface area contributed by atoms with Crippen LogP contribution < -0.4 is 10.2 Å². The smallest absolute Gasteiger partial charge is 0.411 e. The van der Waals surface area contributed by atoms with Crippen molar-refractivity contribution in [3.8, 4) is 0 Å². The highest BCUT2D eigenvalue weighted by Gasteiger charge is 2.50. The van der Waals surface area contributed by atoms with Gasteiger partial charge in [0.2, 0.25) is 5.95 Å². The van der Waals surface area contributed by atoms with Crippen LogP contribution in [0, 0.1) is 0 Å². The molecule has 0 aliphatic carbocycles. The molecule has 4 aromatic rings. The summed E-state index contributed by atoms with van der Waals surface area (Å²) >= 11 is 3.39. The molecule has 0 saturated heterocycles. The molecule has 5 rings (SSSR count). The predicted octanol–water partition coefficient (Wildman–Crippen LogP) is 4.27. The number of aromatic nitrogens is 2. The van der Waals surface area contributed by atoms with E-state index < -0.39 is 11.8 Å². The van der Waals surface area contributed by atoms with Gasteiger partial charge in [-0.3, -0.25) is 15.0 Å². The summed E-state index contributed by atoms with van der Waals surface area (Å²) in [6, 6.07) is 19.0. The number of hydrogen-bond acceptors (Lipinski definition) is 4. The summed E-state index contributed by atoms with van der Waals surface area (Å²) < 4.78 is 0.848. The molecule has 9 heteroatoms. The number of carbonyl (C=O) groups is 2. The molecule has 1 atom stereocenters. The maximum Gasteiger partial charge on any atom is 0.411 e. The number of carboxylic acid groups (broad SMARTS) is 1. The monoisotopic (exact) mass is 478 g/mol. The number of rotatable bonds is 3. The molecule has 0 bridgehead atoms. The molecule has 1 aromatic heterocycles. The van der Waals surface area contributed by atoms with Crippen LogP contribution in [0.1, 0.15) is 21.5 Å². The summed E-state index contributed by atoms with van der Waals surface area (Å²) in [6.45, 7) is 0. The number of imidazole rings is 1. The Bertz CT molecular complexity index is 1350. The molecule has 0 spiro atoms. The van der Waals surface area contributed by atoms with Crippen molar-refractivity contribution in [2.45, 2.75) is 5.72 Å². The molecule has 2 heterocycles. The number of anilines is 2. The van der Waals surface area contributed by atoms with Gasteiger partial charge >= 0.3 is 6.09 Å². The van der Waals surface area contributed by atoms with Gasteiger partial charge in [-0.1, -0.05) is 40.2 Å². The Labute approximate surface area is 184 Å². The van der Waals surface area contributed by atoms with Crippen LogP contribution in [0.3, 0.4) is 0 Å². The largest absolute Gasteiger partial charge is 0.465 e. The van der Waals surface area contributed by atoms with Crippen LogP contribution in [0.2, 0.25) is 0 Å². The normalized spacial score (nSPS) is 17.7. The van der Waals surface area contributed by atoms with Crippen molar-refractivity contribution in [3.63, 3.8) is 0 Å². The number of carbonyl (C=O) groups excluding carboxylic acids is 1. The molecule has 154 valence electrons. The minimum absolute atomic E-state index is 0.0688. The number of amides is 2. The number of hydrogen-bond donors (Lipinski definition) is 4. The van der Waals surface area contributed by atoms with Gasteiger partial charge in [-0.2, -0.15) is 0 Å². The average Bonchev–Trinajstić information content (AvgIpc) is 3.25. The molecule has 4 N–H and O–H groups in total. The van der Waals surface area contributed by atoms with E-state index in [0.29, 0.717) is 33.4 Å². The predicted molar refractivity (Wildman–Crippen MR) is 118 cm³/mol. The molecule has 0 fully saturated rings. The number of halogens is 1. The van der Waals surface area contributed by atoms with Crippen LogP contribution in [0.5, 0.6) is 0 Å². The van der Waals surface area contributed by atoms with E-state index >= 15 is 0 Å². The first-order valence-electron chi connectivity index (χ1n) is 9.30. The van der Waals surface area contributed by atoms with Crippen molar-refractivity contribution in [2.24, 2.45) is 0 Å². The quantitative estimate of drug-likeness (QED) is 0.350. The Morgan fingerprint density at radius 3 is 2.58 bits per heavy atom. The first-order chi connectivity index (χ1) is 14.9. The Morgan fingerprint density at radius 1 is 1.10 bits per heavy atom. The second-order valence-corrected chi connectivity index (χ2v) is 8.00. The Kier molecular flexibility index (Phi) is 4.31. The van der Waals surface area contributed by atoms with E-state index in [2.05, 4.69) is 31.2 Å². The molecule has 1 aliphatic heterocycles. The van der Waals surface area contributed by atoms with Crippen LogP contribution in [0.25, 0.3) is 11.0 Å². The zero-order chi connectivity index (χ0) is 21.8. The third-order valence-electron chi connectivity index (χ3n) is 5.26. The molecule has 2 amide bonds. The van der Waals surface area contributed by atoms with E-state index in [1.807, 2.05) is 0 Å². The van der Waals surface area contributed by atoms with E-state index in [-0.39, 0.29) is 11.9 Å². The number of nitrogens with zero attached hydrogens (tertiary/aromatic N) is 2. The second-order valence-electron chi connectivity index (χ2n) is 7.08. The molecule has 0 saturated carbocycles. The highest BCUT2D eigenvalue weighted by Crippen LogP contribution is 2.45. The van der Waals surface area contributed by atoms with Crippen molar-refractivity contribution >= 4 is 50.6 Å². The van der Waals surface area contributed by atoms with E-state index in [0.717, 1.165) is 4.47 Å². The van der Waals surface area contributed by atoms with Crippen LogP contribution in [0.4, 0.5) is 16.4 Å². The van der Waals surface area contributed by atoms with Crippen molar-refractivity contribution in [2.75, 3.05) is 10.2 Å². The molecular formula is C22H15BrN4O4. The van der Waals surface area contributed by atoms with Crippen molar-refractivity contribution < 1.29 is 19.8 Å². The number of H-pyrrole nitrogens is 1. The van der Waals surface area contributed by atoms with Crippen molar-refractivity contribution in [3.05, 3.63) is 87.9 Å². The van der Waals surface area contributed by atoms with Crippen LogP contribution in [-0.4, -0.2) is 32.2 Å². The summed E-state index contributed by atoms with van der Waals surface area (Å²) in [5, 5.41) is 23.1. The van der Waals surface area contributed by atoms with Gasteiger partial charge < -0.3 is 15.2 Å². The van der Waals surface area contributed by atoms with Crippen LogP contribution in [0.15, 0.2) is 71.2 Å². The van der Waals surface area contributed by atoms with Crippen LogP contribution >= 0.6 is 15.9 Å². The third-order valence-corrected chi connectivity index (χ3v) is 5.78. The van der Waals surface area contributed by atoms with E-state index in [1.165, 1.54) is 4.90 Å². The van der Waals surface area contributed by atoms with Gasteiger partial charge in [-0.05, 0) is 42.5 Å². The first kappa shape index (κ1) is 19.3. The fraction of sp³-hybridized carbons (Fsp3) is 0.0455. The molecule has 0 radical (unpaired) electrons. The zero-order valence-electron chi connectivity index (χ0n) is 15.8. The number of aliphatic hydroxyl groups is 1. The second kappa shape index (κ2) is 6.93. The SMILES string of the molecule is O=C(O)Nc1nc2cc(C3(O)c4ccccc4C(=O)N3c3ccc(Br)cc3)ccc2[nH]1. The summed E-state index contributed by atoms with van der Waals surface area (Å²) in [6.07, 6.45) is -1.24. The molecule has 1 aliphatic rings. The molecule has 3 aromatic carbocycles. The fourth-order valence-electron chi connectivity index (χ4n) is 3.92. The molecule has 8 nitrogen and oxygen atoms in total. The minimum Gasteiger partial charge on any atom is -0.465 e. The number of fused-ring (bicyclic) bond motifs is 2. The minimum atomic E-state index is -1.77. The molecule has 1 unspecified atom stereocenters. The third kappa shape index (κ3) is 2.97. The Balaban J connectivity index is 1.70. The Hall–Kier alpha value is -3.69. The number of aromatic amines is 1. The lowest BCUT2D eigenvalue weighted by atomic mass is 9.93. The number of nitrogens with one attached hydrogen (secondary N) is 2. The fourth-order valence-corrected chi connectivity index (χ4v) is 4.19. The lowest BCUT2D eigenvalue weighted by Gasteiger charge is -2.35. The highest BCUT2D eigenvalue weighted by molar-refractivity contribution is 9.10. The lowest BCUT2D eigenvalue weighted by Crippen LogP contribution is -2.45. The highest BCUT2D eigenvalue weighted by atomic mass is 79.9. The maximum atomic E-state index is 13.3. The van der Waals surface area contributed by atoms with Gasteiger partial charge in [0.25, 0.3) is 5.91 Å². The van der Waals surface area contributed by atoms with Crippen molar-refractivity contribution in [1.82, 2.24) is 9.97 Å². The van der Waals surface area contributed by atoms with Gasteiger partial charge in [0.1, 0.15) is 0 Å². The van der Waals surface area contributed by atoms with E-state index in [4.69, 9.17) is 5.11 Å². The van der Waals surface area contributed by atoms with Gasteiger partial charge in [-0.25, -0.2) is 9.78 Å². The summed E-state index contributed by atoms with van der Waals surface area (Å²) in [5.41, 5.74) is 1.09. The van der Waals surface area contributed by atoms with Crippen LogP contribution in [-0.2, 0) is 5.72 Å². The summed E-state index contributed by atoms with van der Waals surface area (Å²) in [7, 11) is 0. The van der Waals surface area contributed by atoms with Gasteiger partial charge in [0.05, 0.1) is 11.0 Å². The number of benzene rings is 3. The van der Waals surface area contributed by atoms with Crippen molar-refractivity contribution in [1.29, 1.82) is 0 Å². The Morgan fingerprint density at radius 2 is 1.84 bits per heavy atom. The first-order valence-corrected chi connectivity index (χ1v) is 10.1. The zero-order valence-corrected chi connectivity index (χ0v) is 17.4. The van der Waals surface area contributed by atoms with Gasteiger partial charge in [-0.15, -0.1) is 0 Å². The lowest BCUT2D eigenvalue weighted by molar-refractivity contribution is 0.0704. The standard InChI is InChI=1S/C22H15BrN4O4/c23-13-6-8-14(9-7-13)27-19(28)15-3-1-2-4-16(15)22(27,31)12-5-10-17-18(11-12)25-20(24-17)26-21(29)30/h1-11,31H,(H,29,30)(H2,24,25,26). The average molecular weight is 479 g/mol. The maximum absolute atomic E-state index is 13.3. The van der Waals surface area contributed by atoms with E-state index in [9.17, 15) is 14.7 Å². The summed E-state index contributed by atoms with van der Waals surface area (Å²) in [4.78, 5) is 32.7. The molecule has 31 heavy (non-hydrogen) atoms.